The van der Waals surface area contributed by atoms with Crippen molar-refractivity contribution >= 4 is 5.78 Å². The molecule has 0 aliphatic carbocycles. The first-order valence-corrected chi connectivity index (χ1v) is 6.70. The van der Waals surface area contributed by atoms with Crippen molar-refractivity contribution in [3.05, 3.63) is 29.3 Å². The highest BCUT2D eigenvalue weighted by Crippen LogP contribution is 2.28. The molecular formula is C15H21NO3. The normalized spacial score (nSPS) is 23.7. The summed E-state index contributed by atoms with van der Waals surface area (Å²) >= 11 is 0. The predicted molar refractivity (Wildman–Crippen MR) is 73.2 cm³/mol. The molecular weight excluding hydrogens is 242 g/mol. The molecule has 1 aromatic rings. The van der Waals surface area contributed by atoms with E-state index in [1.165, 1.54) is 6.92 Å². The van der Waals surface area contributed by atoms with E-state index in [1.54, 1.807) is 18.2 Å². The molecule has 4 nitrogen and oxygen atoms in total. The standard InChI is InChI=1S/C15H21NO3/c1-10-5-6-16(14(10)9-17)8-13-7-12(11(2)18)3-4-15(13)19/h3-4,7,10,14,17,19H,5-6,8-9H2,1-2H3. The lowest BCUT2D eigenvalue weighted by molar-refractivity contribution is 0.101. The number of aliphatic hydroxyl groups excluding tert-OH is 1. The van der Waals surface area contributed by atoms with E-state index in [0.717, 1.165) is 18.5 Å². The smallest absolute Gasteiger partial charge is 0.159 e. The number of aromatic hydroxyl groups is 1. The van der Waals surface area contributed by atoms with Crippen molar-refractivity contribution in [2.24, 2.45) is 5.92 Å². The SMILES string of the molecule is CC(=O)c1ccc(O)c(CN2CCC(C)C2CO)c1. The van der Waals surface area contributed by atoms with Crippen molar-refractivity contribution in [1.29, 1.82) is 0 Å². The molecule has 0 saturated carbocycles. The molecule has 2 unspecified atom stereocenters. The Hall–Kier alpha value is -1.39. The van der Waals surface area contributed by atoms with Gasteiger partial charge < -0.3 is 10.2 Å². The maximum absolute atomic E-state index is 11.4. The first kappa shape index (κ1) is 14.0. The van der Waals surface area contributed by atoms with Crippen LogP contribution < -0.4 is 0 Å². The lowest BCUT2D eigenvalue weighted by Gasteiger charge is -2.25. The topological polar surface area (TPSA) is 60.8 Å². The van der Waals surface area contributed by atoms with E-state index in [1.807, 2.05) is 0 Å². The van der Waals surface area contributed by atoms with Crippen LogP contribution in [0.1, 0.15) is 36.2 Å². The number of phenols is 1. The van der Waals surface area contributed by atoms with Gasteiger partial charge in [-0.1, -0.05) is 6.92 Å². The monoisotopic (exact) mass is 263 g/mol. The predicted octanol–water partition coefficient (Wildman–Crippen LogP) is 1.80. The molecule has 1 aromatic carbocycles. The van der Waals surface area contributed by atoms with Gasteiger partial charge in [-0.25, -0.2) is 0 Å². The van der Waals surface area contributed by atoms with E-state index in [0.29, 0.717) is 18.0 Å². The van der Waals surface area contributed by atoms with Gasteiger partial charge in [-0.05, 0) is 44.0 Å². The Morgan fingerprint density at radius 1 is 1.47 bits per heavy atom. The summed E-state index contributed by atoms with van der Waals surface area (Å²) in [5.74, 6) is 0.666. The number of benzene rings is 1. The lowest BCUT2D eigenvalue weighted by atomic mass is 10.0. The van der Waals surface area contributed by atoms with E-state index >= 15 is 0 Å². The van der Waals surface area contributed by atoms with Crippen molar-refractivity contribution in [3.63, 3.8) is 0 Å². The highest BCUT2D eigenvalue weighted by atomic mass is 16.3. The van der Waals surface area contributed by atoms with E-state index in [4.69, 9.17) is 0 Å². The number of aliphatic hydroxyl groups is 1. The number of likely N-dealkylation sites (tertiary alicyclic amines) is 1. The maximum atomic E-state index is 11.4. The zero-order chi connectivity index (χ0) is 14.0. The highest BCUT2D eigenvalue weighted by Gasteiger charge is 2.30. The molecule has 2 rings (SSSR count). The fourth-order valence-corrected chi connectivity index (χ4v) is 2.73. The Balaban J connectivity index is 2.18. The van der Waals surface area contributed by atoms with Crippen LogP contribution in [-0.4, -0.2) is 40.1 Å². The summed E-state index contributed by atoms with van der Waals surface area (Å²) in [4.78, 5) is 13.6. The number of carbonyl (C=O) groups is 1. The van der Waals surface area contributed by atoms with Crippen LogP contribution in [0.3, 0.4) is 0 Å². The summed E-state index contributed by atoms with van der Waals surface area (Å²) in [5.41, 5.74) is 1.36. The Morgan fingerprint density at radius 2 is 2.21 bits per heavy atom. The molecule has 1 fully saturated rings. The van der Waals surface area contributed by atoms with Gasteiger partial charge in [-0.2, -0.15) is 0 Å². The Labute approximate surface area is 113 Å². The number of carbonyl (C=O) groups excluding carboxylic acids is 1. The quantitative estimate of drug-likeness (QED) is 0.813. The van der Waals surface area contributed by atoms with Gasteiger partial charge in [0.05, 0.1) is 6.61 Å². The first-order chi connectivity index (χ1) is 9.02. The molecule has 0 amide bonds. The second-order valence-corrected chi connectivity index (χ2v) is 5.39. The van der Waals surface area contributed by atoms with Crippen LogP contribution in [0.5, 0.6) is 5.75 Å². The number of ketones is 1. The third-order valence-corrected chi connectivity index (χ3v) is 4.04. The number of hydrogen-bond donors (Lipinski definition) is 2. The van der Waals surface area contributed by atoms with Crippen LogP contribution in [0.4, 0.5) is 0 Å². The summed E-state index contributed by atoms with van der Waals surface area (Å²) in [6, 6.07) is 5.09. The second-order valence-electron chi connectivity index (χ2n) is 5.39. The molecule has 0 bridgehead atoms. The van der Waals surface area contributed by atoms with Gasteiger partial charge in [0.15, 0.2) is 5.78 Å². The second kappa shape index (κ2) is 5.72. The van der Waals surface area contributed by atoms with E-state index in [-0.39, 0.29) is 24.2 Å². The minimum Gasteiger partial charge on any atom is -0.508 e. The fourth-order valence-electron chi connectivity index (χ4n) is 2.73. The third-order valence-electron chi connectivity index (χ3n) is 4.04. The number of rotatable bonds is 4. The van der Waals surface area contributed by atoms with Gasteiger partial charge in [0.1, 0.15) is 5.75 Å². The van der Waals surface area contributed by atoms with E-state index in [9.17, 15) is 15.0 Å². The van der Waals surface area contributed by atoms with Crippen molar-refractivity contribution in [2.75, 3.05) is 13.2 Å². The summed E-state index contributed by atoms with van der Waals surface area (Å²) in [6.07, 6.45) is 1.05. The number of Topliss-reactive ketones (excluding diaryl/α,β-unsaturated/α-hetero) is 1. The largest absolute Gasteiger partial charge is 0.508 e. The van der Waals surface area contributed by atoms with Gasteiger partial charge in [0, 0.05) is 23.7 Å². The van der Waals surface area contributed by atoms with Gasteiger partial charge in [-0.15, -0.1) is 0 Å². The molecule has 1 heterocycles. The molecule has 0 aromatic heterocycles. The number of hydrogen-bond acceptors (Lipinski definition) is 4. The van der Waals surface area contributed by atoms with E-state index in [2.05, 4.69) is 11.8 Å². The summed E-state index contributed by atoms with van der Waals surface area (Å²) in [6.45, 7) is 5.27. The van der Waals surface area contributed by atoms with Gasteiger partial charge >= 0.3 is 0 Å². The molecule has 1 saturated heterocycles. The minimum absolute atomic E-state index is 0.00486. The van der Waals surface area contributed by atoms with Crippen LogP contribution >= 0.6 is 0 Å². The molecule has 2 N–H and O–H groups in total. The Kier molecular flexibility index (Phi) is 4.22. The van der Waals surface area contributed by atoms with Crippen LogP contribution in [0.2, 0.25) is 0 Å². The van der Waals surface area contributed by atoms with Gasteiger partial charge in [0.2, 0.25) is 0 Å². The molecule has 1 aliphatic heterocycles. The number of phenolic OH excluding ortho intramolecular Hbond substituents is 1. The fraction of sp³-hybridized carbons (Fsp3) is 0.533. The summed E-state index contributed by atoms with van der Waals surface area (Å²) < 4.78 is 0. The van der Waals surface area contributed by atoms with Crippen LogP contribution in [-0.2, 0) is 6.54 Å². The lowest BCUT2D eigenvalue weighted by Crippen LogP contribution is -2.34. The average Bonchev–Trinajstić information content (AvgIpc) is 2.72. The zero-order valence-electron chi connectivity index (χ0n) is 11.5. The molecule has 1 aliphatic rings. The maximum Gasteiger partial charge on any atom is 0.159 e. The van der Waals surface area contributed by atoms with Crippen LogP contribution in [0, 0.1) is 5.92 Å². The molecule has 104 valence electrons. The highest BCUT2D eigenvalue weighted by molar-refractivity contribution is 5.94. The summed E-state index contributed by atoms with van der Waals surface area (Å²) in [7, 11) is 0. The molecule has 0 spiro atoms. The molecule has 0 radical (unpaired) electrons. The van der Waals surface area contributed by atoms with Crippen molar-refractivity contribution in [2.45, 2.75) is 32.9 Å². The van der Waals surface area contributed by atoms with Crippen molar-refractivity contribution < 1.29 is 15.0 Å². The molecule has 19 heavy (non-hydrogen) atoms. The van der Waals surface area contributed by atoms with Gasteiger partial charge in [0.25, 0.3) is 0 Å². The average molecular weight is 263 g/mol. The first-order valence-electron chi connectivity index (χ1n) is 6.70. The van der Waals surface area contributed by atoms with Crippen molar-refractivity contribution in [3.8, 4) is 5.75 Å². The minimum atomic E-state index is -0.00486. The summed E-state index contributed by atoms with van der Waals surface area (Å²) in [5, 5.41) is 19.3. The molecule has 4 heteroatoms. The Bertz CT molecular complexity index is 472. The van der Waals surface area contributed by atoms with Crippen molar-refractivity contribution in [1.82, 2.24) is 4.90 Å². The zero-order valence-corrected chi connectivity index (χ0v) is 11.5. The van der Waals surface area contributed by atoms with Crippen LogP contribution in [0.15, 0.2) is 18.2 Å². The number of nitrogens with zero attached hydrogens (tertiary/aromatic N) is 1. The Morgan fingerprint density at radius 3 is 2.84 bits per heavy atom. The molecule has 2 atom stereocenters. The van der Waals surface area contributed by atoms with Gasteiger partial charge in [-0.3, -0.25) is 9.69 Å². The third kappa shape index (κ3) is 2.96. The van der Waals surface area contributed by atoms with Crippen LogP contribution in [0.25, 0.3) is 0 Å². The van der Waals surface area contributed by atoms with E-state index < -0.39 is 0 Å².